The van der Waals surface area contributed by atoms with Gasteiger partial charge >= 0.3 is 0 Å². The Labute approximate surface area is 136 Å². The Balaban J connectivity index is 1.77. The minimum atomic E-state index is -0.392. The minimum Gasteiger partial charge on any atom is -0.497 e. The van der Waals surface area contributed by atoms with Crippen molar-refractivity contribution in [1.82, 2.24) is 0 Å². The zero-order valence-corrected chi connectivity index (χ0v) is 13.0. The summed E-state index contributed by atoms with van der Waals surface area (Å²) in [6, 6.07) is 29.0. The zero-order chi connectivity index (χ0) is 15.7. The molecule has 0 N–H and O–H groups in total. The van der Waals surface area contributed by atoms with Gasteiger partial charge < -0.3 is 9.47 Å². The third-order valence-electron chi connectivity index (χ3n) is 4.44. The van der Waals surface area contributed by atoms with Crippen LogP contribution in [0, 0.1) is 0 Å². The summed E-state index contributed by atoms with van der Waals surface area (Å²) >= 11 is 0. The molecule has 1 aliphatic heterocycles. The number of hydrogen-bond acceptors (Lipinski definition) is 2. The highest BCUT2D eigenvalue weighted by molar-refractivity contribution is 5.47. The van der Waals surface area contributed by atoms with Crippen LogP contribution in [0.1, 0.15) is 22.8 Å². The van der Waals surface area contributed by atoms with Crippen LogP contribution >= 0.6 is 0 Å². The van der Waals surface area contributed by atoms with Crippen molar-refractivity contribution in [3.63, 3.8) is 0 Å². The molecule has 1 saturated heterocycles. The molecule has 0 bridgehead atoms. The van der Waals surface area contributed by atoms with Gasteiger partial charge in [0.1, 0.15) is 17.5 Å². The van der Waals surface area contributed by atoms with E-state index in [1.54, 1.807) is 7.11 Å². The van der Waals surface area contributed by atoms with Crippen LogP contribution in [-0.2, 0) is 10.3 Å². The molecule has 1 atom stereocenters. The quantitative estimate of drug-likeness (QED) is 0.651. The normalized spacial score (nSPS) is 18.4. The number of epoxide rings is 1. The molecule has 23 heavy (non-hydrogen) atoms. The minimum absolute atomic E-state index is 0.0261. The van der Waals surface area contributed by atoms with E-state index in [0.717, 1.165) is 5.75 Å². The van der Waals surface area contributed by atoms with Gasteiger partial charge in [0.2, 0.25) is 0 Å². The SMILES string of the molecule is COc1ccc([C@@H]2OC2(c2ccccc2)c2ccccc2)cc1. The Morgan fingerprint density at radius 3 is 1.74 bits per heavy atom. The lowest BCUT2D eigenvalue weighted by molar-refractivity contribution is 0.329. The lowest BCUT2D eigenvalue weighted by Crippen LogP contribution is -2.12. The predicted octanol–water partition coefficient (Wildman–Crippen LogP) is 4.71. The van der Waals surface area contributed by atoms with E-state index in [2.05, 4.69) is 60.7 Å². The molecule has 0 radical (unpaired) electrons. The Morgan fingerprint density at radius 2 is 1.26 bits per heavy atom. The lowest BCUT2D eigenvalue weighted by Gasteiger charge is -2.14. The largest absolute Gasteiger partial charge is 0.497 e. The predicted molar refractivity (Wildman–Crippen MR) is 90.5 cm³/mol. The van der Waals surface area contributed by atoms with Gasteiger partial charge in [0.15, 0.2) is 0 Å². The average Bonchev–Trinajstić information content (AvgIpc) is 3.40. The summed E-state index contributed by atoms with van der Waals surface area (Å²) in [4.78, 5) is 0. The van der Waals surface area contributed by atoms with Gasteiger partial charge in [0.05, 0.1) is 7.11 Å². The number of benzene rings is 3. The molecule has 3 aromatic carbocycles. The van der Waals surface area contributed by atoms with Gasteiger partial charge in [-0.25, -0.2) is 0 Å². The van der Waals surface area contributed by atoms with E-state index in [1.165, 1.54) is 16.7 Å². The first-order valence-electron chi connectivity index (χ1n) is 7.77. The van der Waals surface area contributed by atoms with Crippen molar-refractivity contribution in [2.24, 2.45) is 0 Å². The number of rotatable bonds is 4. The second-order valence-corrected chi connectivity index (χ2v) is 5.74. The van der Waals surface area contributed by atoms with Crippen molar-refractivity contribution in [2.75, 3.05) is 7.11 Å². The third-order valence-corrected chi connectivity index (χ3v) is 4.44. The number of methoxy groups -OCH3 is 1. The first-order chi connectivity index (χ1) is 11.3. The van der Waals surface area contributed by atoms with Crippen molar-refractivity contribution in [2.45, 2.75) is 11.7 Å². The second kappa shape index (κ2) is 5.56. The van der Waals surface area contributed by atoms with Crippen molar-refractivity contribution in [3.05, 3.63) is 102 Å². The van der Waals surface area contributed by atoms with Gasteiger partial charge in [0, 0.05) is 0 Å². The summed E-state index contributed by atoms with van der Waals surface area (Å²) in [6.45, 7) is 0. The summed E-state index contributed by atoms with van der Waals surface area (Å²) in [6.07, 6.45) is 0.0261. The molecule has 0 aliphatic carbocycles. The highest BCUT2D eigenvalue weighted by Gasteiger charge is 2.59. The molecule has 2 heteroatoms. The topological polar surface area (TPSA) is 21.8 Å². The van der Waals surface area contributed by atoms with Crippen molar-refractivity contribution in [3.8, 4) is 5.75 Å². The summed E-state index contributed by atoms with van der Waals surface area (Å²) in [7, 11) is 1.68. The molecular weight excluding hydrogens is 284 g/mol. The molecule has 114 valence electrons. The molecule has 1 heterocycles. The molecule has 4 rings (SSSR count). The van der Waals surface area contributed by atoms with Gasteiger partial charge in [-0.15, -0.1) is 0 Å². The Hall–Kier alpha value is -2.58. The summed E-state index contributed by atoms with van der Waals surface area (Å²) in [5.41, 5.74) is 3.15. The highest BCUT2D eigenvalue weighted by atomic mass is 16.6. The molecule has 1 aliphatic rings. The fourth-order valence-electron chi connectivity index (χ4n) is 3.21. The van der Waals surface area contributed by atoms with E-state index < -0.39 is 5.60 Å². The Morgan fingerprint density at radius 1 is 0.739 bits per heavy atom. The number of ether oxygens (including phenoxy) is 2. The van der Waals surface area contributed by atoms with Crippen LogP contribution in [0.2, 0.25) is 0 Å². The fraction of sp³-hybridized carbons (Fsp3) is 0.143. The smallest absolute Gasteiger partial charge is 0.149 e. The van der Waals surface area contributed by atoms with Crippen LogP contribution in [0.5, 0.6) is 5.75 Å². The van der Waals surface area contributed by atoms with Crippen molar-refractivity contribution < 1.29 is 9.47 Å². The molecule has 1 fully saturated rings. The maximum absolute atomic E-state index is 6.30. The standard InChI is InChI=1S/C21H18O2/c1-22-19-14-12-16(13-15-19)20-21(23-20,17-8-4-2-5-9-17)18-10-6-3-7-11-18/h2-15,20H,1H3/t20-/m0/s1. The molecule has 0 unspecified atom stereocenters. The first kappa shape index (κ1) is 14.0. The van der Waals surface area contributed by atoms with E-state index in [-0.39, 0.29) is 6.10 Å². The van der Waals surface area contributed by atoms with Crippen LogP contribution in [0.15, 0.2) is 84.9 Å². The highest BCUT2D eigenvalue weighted by Crippen LogP contribution is 2.60. The second-order valence-electron chi connectivity index (χ2n) is 5.74. The van der Waals surface area contributed by atoms with E-state index in [4.69, 9.17) is 9.47 Å². The molecular formula is C21H18O2. The first-order valence-corrected chi connectivity index (χ1v) is 7.77. The Bertz CT molecular complexity index is 740. The van der Waals surface area contributed by atoms with Crippen LogP contribution < -0.4 is 4.74 Å². The van der Waals surface area contributed by atoms with Crippen LogP contribution in [-0.4, -0.2) is 7.11 Å². The van der Waals surface area contributed by atoms with Gasteiger partial charge in [-0.3, -0.25) is 0 Å². The number of hydrogen-bond donors (Lipinski definition) is 0. The maximum Gasteiger partial charge on any atom is 0.149 e. The molecule has 3 aromatic rings. The molecule has 0 aromatic heterocycles. The van der Waals surface area contributed by atoms with Gasteiger partial charge in [-0.2, -0.15) is 0 Å². The van der Waals surface area contributed by atoms with E-state index in [1.807, 2.05) is 24.3 Å². The van der Waals surface area contributed by atoms with Crippen LogP contribution in [0.3, 0.4) is 0 Å². The van der Waals surface area contributed by atoms with Crippen molar-refractivity contribution >= 4 is 0 Å². The van der Waals surface area contributed by atoms with Gasteiger partial charge in [-0.1, -0.05) is 72.8 Å². The van der Waals surface area contributed by atoms with Crippen LogP contribution in [0.4, 0.5) is 0 Å². The molecule has 0 saturated carbocycles. The Kier molecular flexibility index (Phi) is 3.40. The lowest BCUT2D eigenvalue weighted by atomic mass is 9.85. The summed E-state index contributed by atoms with van der Waals surface area (Å²) in [5, 5.41) is 0. The van der Waals surface area contributed by atoms with Crippen molar-refractivity contribution in [1.29, 1.82) is 0 Å². The third kappa shape index (κ3) is 2.32. The van der Waals surface area contributed by atoms with Gasteiger partial charge in [-0.05, 0) is 28.8 Å². The molecule has 2 nitrogen and oxygen atoms in total. The van der Waals surface area contributed by atoms with Crippen LogP contribution in [0.25, 0.3) is 0 Å². The van der Waals surface area contributed by atoms with E-state index >= 15 is 0 Å². The zero-order valence-electron chi connectivity index (χ0n) is 13.0. The summed E-state index contributed by atoms with van der Waals surface area (Å²) < 4.78 is 11.5. The molecule has 0 spiro atoms. The summed E-state index contributed by atoms with van der Waals surface area (Å²) in [5.74, 6) is 0.861. The fourth-order valence-corrected chi connectivity index (χ4v) is 3.21. The van der Waals surface area contributed by atoms with Gasteiger partial charge in [0.25, 0.3) is 0 Å². The monoisotopic (exact) mass is 302 g/mol. The molecule has 0 amide bonds. The maximum atomic E-state index is 6.30. The van der Waals surface area contributed by atoms with E-state index in [0.29, 0.717) is 0 Å². The average molecular weight is 302 g/mol. The van der Waals surface area contributed by atoms with E-state index in [9.17, 15) is 0 Å².